The maximum Gasteiger partial charge on any atom is 0.224 e. The van der Waals surface area contributed by atoms with E-state index >= 15 is 0 Å². The number of amides is 1. The number of hydrogen-bond donors (Lipinski definition) is 2. The average Bonchev–Trinajstić information content (AvgIpc) is 3.04. The Kier molecular flexibility index (Phi) is 10.4. The van der Waals surface area contributed by atoms with E-state index in [1.165, 1.54) is 16.9 Å². The van der Waals surface area contributed by atoms with Crippen LogP contribution in [0.3, 0.4) is 0 Å². The van der Waals surface area contributed by atoms with Crippen molar-refractivity contribution in [3.05, 3.63) is 21.9 Å². The van der Waals surface area contributed by atoms with E-state index in [0.717, 1.165) is 44.4 Å². The summed E-state index contributed by atoms with van der Waals surface area (Å²) in [7, 11) is 1.77. The van der Waals surface area contributed by atoms with E-state index < -0.39 is 0 Å². The monoisotopic (exact) mass is 478 g/mol. The van der Waals surface area contributed by atoms with Gasteiger partial charge in [0, 0.05) is 44.5 Å². The lowest BCUT2D eigenvalue weighted by Gasteiger charge is -2.27. The maximum absolute atomic E-state index is 12.4. The number of halogens is 1. The lowest BCUT2D eigenvalue weighted by atomic mass is 10.1. The van der Waals surface area contributed by atoms with Crippen molar-refractivity contribution in [2.75, 3.05) is 26.7 Å². The topological polar surface area (TPSA) is 56.7 Å². The molecule has 1 amide bonds. The van der Waals surface area contributed by atoms with Crippen LogP contribution in [-0.2, 0) is 17.8 Å². The molecule has 0 saturated carbocycles. The number of guanidine groups is 1. The van der Waals surface area contributed by atoms with Gasteiger partial charge in [0.15, 0.2) is 5.96 Å². The van der Waals surface area contributed by atoms with E-state index in [9.17, 15) is 4.79 Å². The molecule has 0 saturated heterocycles. The zero-order valence-electron chi connectivity index (χ0n) is 15.5. The number of nitrogens with one attached hydrogen (secondary N) is 2. The average molecular weight is 478 g/mol. The smallest absolute Gasteiger partial charge is 0.224 e. The summed E-state index contributed by atoms with van der Waals surface area (Å²) in [5.41, 5.74) is 1.31. The molecule has 2 N–H and O–H groups in total. The molecule has 0 fully saturated rings. The molecule has 0 unspecified atom stereocenters. The van der Waals surface area contributed by atoms with E-state index in [1.807, 2.05) is 4.90 Å². The number of carbonyl (C=O) groups is 1. The van der Waals surface area contributed by atoms with Crippen LogP contribution in [0.5, 0.6) is 0 Å². The Balaban J connectivity index is 0.00000312. The van der Waals surface area contributed by atoms with Gasteiger partial charge in [0.25, 0.3) is 0 Å². The third-order valence-electron chi connectivity index (χ3n) is 4.27. The highest BCUT2D eigenvalue weighted by Gasteiger charge is 2.20. The van der Waals surface area contributed by atoms with Gasteiger partial charge in [-0.2, -0.15) is 0 Å². The number of carbonyl (C=O) groups excluding carboxylic acids is 1. The van der Waals surface area contributed by atoms with Gasteiger partial charge in [-0.15, -0.1) is 35.3 Å². The standard InChI is InChI=1S/C18H30N4OS.HI/c1-14(2)5-4-9-20-18(19-3)21-10-6-17(23)22-11-7-16-15(13-22)8-12-24-16;/h8,12,14H,4-7,9-11,13H2,1-3H3,(H2,19,20,21);1H. The van der Waals surface area contributed by atoms with Gasteiger partial charge in [0.2, 0.25) is 5.91 Å². The normalized spacial score (nSPS) is 14.1. The molecule has 0 aromatic carbocycles. The van der Waals surface area contributed by atoms with Crippen LogP contribution in [-0.4, -0.2) is 43.4 Å². The Morgan fingerprint density at radius 2 is 2.12 bits per heavy atom. The second-order valence-corrected chi connectivity index (χ2v) is 7.65. The molecule has 0 radical (unpaired) electrons. The molecule has 1 aliphatic heterocycles. The first-order valence-electron chi connectivity index (χ1n) is 8.87. The second-order valence-electron chi connectivity index (χ2n) is 6.65. The van der Waals surface area contributed by atoms with Gasteiger partial charge >= 0.3 is 0 Å². The predicted molar refractivity (Wildman–Crippen MR) is 117 cm³/mol. The van der Waals surface area contributed by atoms with Crippen LogP contribution in [0.25, 0.3) is 0 Å². The zero-order chi connectivity index (χ0) is 17.4. The van der Waals surface area contributed by atoms with Crippen LogP contribution in [0.2, 0.25) is 0 Å². The first kappa shape index (κ1) is 22.2. The van der Waals surface area contributed by atoms with Crippen LogP contribution < -0.4 is 10.6 Å². The molecule has 142 valence electrons. The van der Waals surface area contributed by atoms with Crippen LogP contribution >= 0.6 is 35.3 Å². The van der Waals surface area contributed by atoms with Gasteiger partial charge in [0.05, 0.1) is 0 Å². The van der Waals surface area contributed by atoms with Crippen molar-refractivity contribution in [1.29, 1.82) is 0 Å². The number of nitrogens with zero attached hydrogens (tertiary/aromatic N) is 2. The predicted octanol–water partition coefficient (Wildman–Crippen LogP) is 3.24. The number of thiophene rings is 1. The quantitative estimate of drug-likeness (QED) is 0.274. The summed E-state index contributed by atoms with van der Waals surface area (Å²) in [6.07, 6.45) is 3.84. The van der Waals surface area contributed by atoms with Crippen molar-refractivity contribution >= 4 is 47.2 Å². The minimum atomic E-state index is 0. The molecule has 7 heteroatoms. The fourth-order valence-electron chi connectivity index (χ4n) is 2.85. The summed E-state index contributed by atoms with van der Waals surface area (Å²) in [4.78, 5) is 20.0. The number of rotatable bonds is 7. The lowest BCUT2D eigenvalue weighted by Crippen LogP contribution is -2.41. The highest BCUT2D eigenvalue weighted by Crippen LogP contribution is 2.24. The molecular formula is C18H31IN4OS. The van der Waals surface area contributed by atoms with Crippen molar-refractivity contribution < 1.29 is 4.79 Å². The van der Waals surface area contributed by atoms with Crippen molar-refractivity contribution in [2.24, 2.45) is 10.9 Å². The second kappa shape index (κ2) is 11.7. The van der Waals surface area contributed by atoms with E-state index in [2.05, 4.69) is 40.9 Å². The molecule has 1 aliphatic rings. The van der Waals surface area contributed by atoms with Crippen LogP contribution in [0.15, 0.2) is 16.4 Å². The van der Waals surface area contributed by atoms with Crippen molar-refractivity contribution in [3.63, 3.8) is 0 Å². The Morgan fingerprint density at radius 3 is 2.84 bits per heavy atom. The minimum Gasteiger partial charge on any atom is -0.356 e. The molecule has 0 spiro atoms. The van der Waals surface area contributed by atoms with Gasteiger partial charge in [-0.1, -0.05) is 13.8 Å². The van der Waals surface area contributed by atoms with E-state index in [-0.39, 0.29) is 29.9 Å². The summed E-state index contributed by atoms with van der Waals surface area (Å²) < 4.78 is 0. The summed E-state index contributed by atoms with van der Waals surface area (Å²) in [6, 6.07) is 2.14. The SMILES string of the molecule is CN=C(NCCCC(C)C)NCCC(=O)N1CCc2sccc2C1.I. The Bertz CT molecular complexity index is 559. The summed E-state index contributed by atoms with van der Waals surface area (Å²) in [5, 5.41) is 8.66. The summed E-state index contributed by atoms with van der Waals surface area (Å²) >= 11 is 1.80. The molecule has 1 aromatic rings. The molecule has 25 heavy (non-hydrogen) atoms. The fourth-order valence-corrected chi connectivity index (χ4v) is 3.73. The van der Waals surface area contributed by atoms with Crippen LogP contribution in [0, 0.1) is 5.92 Å². The van der Waals surface area contributed by atoms with Gasteiger partial charge < -0.3 is 15.5 Å². The molecule has 0 aliphatic carbocycles. The molecule has 5 nitrogen and oxygen atoms in total. The lowest BCUT2D eigenvalue weighted by molar-refractivity contribution is -0.131. The van der Waals surface area contributed by atoms with E-state index in [1.54, 1.807) is 18.4 Å². The molecular weight excluding hydrogens is 447 g/mol. The first-order chi connectivity index (χ1) is 11.6. The summed E-state index contributed by atoms with van der Waals surface area (Å²) in [5.74, 6) is 1.73. The summed E-state index contributed by atoms with van der Waals surface area (Å²) in [6.45, 7) is 7.61. The maximum atomic E-state index is 12.4. The highest BCUT2D eigenvalue weighted by molar-refractivity contribution is 14.0. The van der Waals surface area contributed by atoms with E-state index in [4.69, 9.17) is 0 Å². The minimum absolute atomic E-state index is 0. The van der Waals surface area contributed by atoms with E-state index in [0.29, 0.717) is 13.0 Å². The number of hydrogen-bond acceptors (Lipinski definition) is 3. The van der Waals surface area contributed by atoms with Gasteiger partial charge in [0.1, 0.15) is 0 Å². The van der Waals surface area contributed by atoms with Crippen molar-refractivity contribution in [3.8, 4) is 0 Å². The molecule has 2 rings (SSSR count). The Hall–Kier alpha value is -0.830. The van der Waals surface area contributed by atoms with Crippen molar-refractivity contribution in [2.45, 2.75) is 46.1 Å². The Labute approximate surface area is 172 Å². The Morgan fingerprint density at radius 1 is 1.36 bits per heavy atom. The van der Waals surface area contributed by atoms with Gasteiger partial charge in [-0.3, -0.25) is 9.79 Å². The third kappa shape index (κ3) is 7.52. The molecule has 1 aromatic heterocycles. The third-order valence-corrected chi connectivity index (χ3v) is 5.29. The molecule has 0 bridgehead atoms. The fraction of sp³-hybridized carbons (Fsp3) is 0.667. The number of aliphatic imine (C=N–C) groups is 1. The van der Waals surface area contributed by atoms with Crippen LogP contribution in [0.1, 0.15) is 43.6 Å². The molecule has 2 heterocycles. The van der Waals surface area contributed by atoms with Crippen molar-refractivity contribution in [1.82, 2.24) is 15.5 Å². The largest absolute Gasteiger partial charge is 0.356 e. The zero-order valence-corrected chi connectivity index (χ0v) is 18.7. The van der Waals surface area contributed by atoms with Gasteiger partial charge in [-0.05, 0) is 42.2 Å². The number of fused-ring (bicyclic) bond motifs is 1. The highest BCUT2D eigenvalue weighted by atomic mass is 127. The van der Waals surface area contributed by atoms with Gasteiger partial charge in [-0.25, -0.2) is 0 Å². The van der Waals surface area contributed by atoms with Crippen LogP contribution in [0.4, 0.5) is 0 Å². The molecule has 0 atom stereocenters. The first-order valence-corrected chi connectivity index (χ1v) is 9.75.